The molecule has 2 aliphatic heterocycles. The molecular formula is C29H39ClN2O7. The Bertz CT molecular complexity index is 1080. The summed E-state index contributed by atoms with van der Waals surface area (Å²) in [6, 6.07) is 1.01. The van der Waals surface area contributed by atoms with Crippen molar-refractivity contribution < 1.29 is 34.1 Å². The van der Waals surface area contributed by atoms with Gasteiger partial charge in [-0.3, -0.25) is 4.79 Å². The number of phenols is 2. The van der Waals surface area contributed by atoms with Gasteiger partial charge in [-0.05, 0) is 50.7 Å². The molecule has 1 unspecified atom stereocenters. The second kappa shape index (κ2) is 15.5. The number of unbranched alkanes of at least 4 members (excludes halogenated alkanes) is 1. The van der Waals surface area contributed by atoms with Gasteiger partial charge in [-0.1, -0.05) is 48.3 Å². The van der Waals surface area contributed by atoms with Crippen LogP contribution in [0.4, 0.5) is 0 Å². The molecule has 3 rings (SSSR count). The minimum Gasteiger partial charge on any atom is -0.507 e. The van der Waals surface area contributed by atoms with Crippen LogP contribution in [0.15, 0.2) is 35.5 Å². The Balaban J connectivity index is 1.91. The van der Waals surface area contributed by atoms with Crippen molar-refractivity contribution >= 4 is 29.2 Å². The van der Waals surface area contributed by atoms with Crippen molar-refractivity contribution in [3.8, 4) is 11.5 Å². The lowest BCUT2D eigenvalue weighted by Gasteiger charge is -2.26. The minimum absolute atomic E-state index is 0.0643. The first-order chi connectivity index (χ1) is 18.8. The quantitative estimate of drug-likeness (QED) is 0.200. The smallest absolute Gasteiger partial charge is 0.342 e. The summed E-state index contributed by atoms with van der Waals surface area (Å²) in [4.78, 5) is 32.8. The Labute approximate surface area is 235 Å². The van der Waals surface area contributed by atoms with Crippen LogP contribution in [0.25, 0.3) is 0 Å². The molecule has 2 N–H and O–H groups in total. The zero-order valence-corrected chi connectivity index (χ0v) is 23.5. The average molecular weight is 563 g/mol. The predicted octanol–water partition coefficient (Wildman–Crippen LogP) is 5.32. The van der Waals surface area contributed by atoms with Crippen LogP contribution in [0.2, 0.25) is 5.02 Å². The molecule has 39 heavy (non-hydrogen) atoms. The van der Waals surface area contributed by atoms with Gasteiger partial charge in [0.15, 0.2) is 6.61 Å². The van der Waals surface area contributed by atoms with Crippen molar-refractivity contribution in [2.24, 2.45) is 5.16 Å². The van der Waals surface area contributed by atoms with Crippen LogP contribution in [0, 0.1) is 0 Å². The summed E-state index contributed by atoms with van der Waals surface area (Å²) >= 11 is 6.40. The molecule has 1 fully saturated rings. The number of nitrogens with zero attached hydrogens (tertiary/aromatic N) is 2. The number of likely N-dealkylation sites (tertiary alicyclic amines) is 1. The zero-order chi connectivity index (χ0) is 28.2. The molecule has 0 saturated carbocycles. The summed E-state index contributed by atoms with van der Waals surface area (Å²) in [5.74, 6) is -1.76. The minimum atomic E-state index is -0.775. The second-order valence-electron chi connectivity index (χ2n) is 9.84. The van der Waals surface area contributed by atoms with E-state index in [0.29, 0.717) is 38.2 Å². The molecule has 0 bridgehead atoms. The van der Waals surface area contributed by atoms with E-state index in [2.05, 4.69) is 12.1 Å². The monoisotopic (exact) mass is 562 g/mol. The normalized spacial score (nSPS) is 22.6. The number of piperidine rings is 1. The van der Waals surface area contributed by atoms with Gasteiger partial charge in [-0.15, -0.1) is 0 Å². The summed E-state index contributed by atoms with van der Waals surface area (Å²) in [6.07, 6.45) is 12.7. The van der Waals surface area contributed by atoms with Crippen molar-refractivity contribution in [3.63, 3.8) is 0 Å². The molecule has 1 aromatic carbocycles. The topological polar surface area (TPSA) is 118 Å². The van der Waals surface area contributed by atoms with Crippen LogP contribution in [-0.4, -0.2) is 71.2 Å². The third-order valence-corrected chi connectivity index (χ3v) is 7.02. The van der Waals surface area contributed by atoms with Gasteiger partial charge >= 0.3 is 5.97 Å². The molecule has 0 spiro atoms. The molecule has 2 heterocycles. The predicted molar refractivity (Wildman–Crippen MR) is 149 cm³/mol. The van der Waals surface area contributed by atoms with E-state index in [4.69, 9.17) is 25.9 Å². The highest BCUT2D eigenvalue weighted by molar-refractivity contribution is 6.33. The average Bonchev–Trinajstić information content (AvgIpc) is 2.91. The van der Waals surface area contributed by atoms with Crippen molar-refractivity contribution in [2.75, 3.05) is 26.3 Å². The number of oxime groups is 1. The number of carbonyl (C=O) groups excluding carboxylic acids is 2. The number of amides is 1. The molecule has 1 saturated heterocycles. The number of halogens is 1. The first-order valence-corrected chi connectivity index (χ1v) is 14.0. The number of carbonyl (C=O) groups is 2. The van der Waals surface area contributed by atoms with Crippen molar-refractivity contribution in [1.82, 2.24) is 4.90 Å². The molecule has 9 nitrogen and oxygen atoms in total. The third kappa shape index (κ3) is 9.28. The molecule has 0 radical (unpaired) electrons. The standard InChI is InChI=1S/C29H39ClN2O7/c1-3-4-16-37-22-12-8-10-20(2)39-29(36)27-23(28(30)25(34)18-24(27)33)17-21(11-9-13-22)31-38-19-26(35)32-14-6-5-7-15-32/h8-9,11-12,18,20,22,33-34H,3-7,10,13-17,19H2,1-2H3/b11-9+,12-8?,31-21-/t20-,22?/m1/s1. The lowest BCUT2D eigenvalue weighted by molar-refractivity contribution is -0.137. The Hall–Kier alpha value is -3.04. The number of ether oxygens (including phenoxy) is 2. The third-order valence-electron chi connectivity index (χ3n) is 6.60. The summed E-state index contributed by atoms with van der Waals surface area (Å²) in [7, 11) is 0. The van der Waals surface area contributed by atoms with Crippen LogP contribution in [0.3, 0.4) is 0 Å². The molecule has 0 aromatic heterocycles. The molecule has 10 heteroatoms. The molecule has 214 valence electrons. The SMILES string of the molecule is CCCCOC1C=CC[C@@H](C)OC(=O)c2c(O)cc(O)c(Cl)c2CC(=N\OCC(=O)N2CCCCC2)/C=C/C1. The van der Waals surface area contributed by atoms with Gasteiger partial charge in [0.05, 0.1) is 16.8 Å². The van der Waals surface area contributed by atoms with Crippen LogP contribution in [0.5, 0.6) is 11.5 Å². The van der Waals surface area contributed by atoms with Gasteiger partial charge in [0, 0.05) is 38.6 Å². The molecule has 2 atom stereocenters. The number of allylic oxidation sites excluding steroid dienone is 1. The number of rotatable bonds is 7. The first-order valence-electron chi connectivity index (χ1n) is 13.7. The Morgan fingerprint density at radius 3 is 2.69 bits per heavy atom. The van der Waals surface area contributed by atoms with Gasteiger partial charge in [0.1, 0.15) is 23.2 Å². The molecular weight excluding hydrogens is 524 g/mol. The van der Waals surface area contributed by atoms with Crippen LogP contribution in [-0.2, 0) is 25.5 Å². The van der Waals surface area contributed by atoms with Gasteiger partial charge in [0.2, 0.25) is 0 Å². The summed E-state index contributed by atoms with van der Waals surface area (Å²) < 4.78 is 11.6. The lowest BCUT2D eigenvalue weighted by atomic mass is 9.99. The highest BCUT2D eigenvalue weighted by Gasteiger charge is 2.26. The van der Waals surface area contributed by atoms with E-state index in [1.807, 2.05) is 18.2 Å². The first kappa shape index (κ1) is 30.5. The maximum atomic E-state index is 13.1. The highest BCUT2D eigenvalue weighted by Crippen LogP contribution is 2.37. The van der Waals surface area contributed by atoms with Crippen molar-refractivity contribution in [1.29, 1.82) is 0 Å². The number of cyclic esters (lactones) is 1. The van der Waals surface area contributed by atoms with Crippen molar-refractivity contribution in [3.05, 3.63) is 46.5 Å². The number of phenolic OH excluding ortho intramolecular Hbond substituents is 2. The number of hydrogen-bond donors (Lipinski definition) is 2. The number of benzene rings is 1. The molecule has 0 aliphatic carbocycles. The Morgan fingerprint density at radius 1 is 1.18 bits per heavy atom. The summed E-state index contributed by atoms with van der Waals surface area (Å²) in [6.45, 7) is 5.64. The molecule has 1 amide bonds. The number of esters is 1. The van der Waals surface area contributed by atoms with Gasteiger partial charge in [-0.25, -0.2) is 4.79 Å². The summed E-state index contributed by atoms with van der Waals surface area (Å²) in [5, 5.41) is 24.9. The van der Waals surface area contributed by atoms with E-state index >= 15 is 0 Å². The van der Waals surface area contributed by atoms with Crippen LogP contribution >= 0.6 is 11.6 Å². The van der Waals surface area contributed by atoms with E-state index in [9.17, 15) is 19.8 Å². The molecule has 1 aromatic rings. The zero-order valence-electron chi connectivity index (χ0n) is 22.7. The van der Waals surface area contributed by atoms with E-state index < -0.39 is 17.8 Å². The van der Waals surface area contributed by atoms with Gasteiger partial charge < -0.3 is 29.4 Å². The number of hydrogen-bond acceptors (Lipinski definition) is 8. The summed E-state index contributed by atoms with van der Waals surface area (Å²) in [5.41, 5.74) is 0.324. The highest BCUT2D eigenvalue weighted by atomic mass is 35.5. The maximum absolute atomic E-state index is 13.1. The van der Waals surface area contributed by atoms with Crippen LogP contribution < -0.4 is 0 Å². The van der Waals surface area contributed by atoms with E-state index in [0.717, 1.165) is 38.2 Å². The number of fused-ring (bicyclic) bond motifs is 1. The maximum Gasteiger partial charge on any atom is 0.342 e. The van der Waals surface area contributed by atoms with Gasteiger partial charge in [-0.2, -0.15) is 0 Å². The van der Waals surface area contributed by atoms with E-state index in [-0.39, 0.29) is 46.9 Å². The Morgan fingerprint density at radius 2 is 1.95 bits per heavy atom. The second-order valence-corrected chi connectivity index (χ2v) is 10.2. The fourth-order valence-corrected chi connectivity index (χ4v) is 4.63. The molecule has 2 aliphatic rings. The fourth-order valence-electron chi connectivity index (χ4n) is 4.42. The number of aromatic hydroxyl groups is 2. The van der Waals surface area contributed by atoms with E-state index in [1.54, 1.807) is 17.9 Å². The van der Waals surface area contributed by atoms with E-state index in [1.165, 1.54) is 0 Å². The Kier molecular flexibility index (Phi) is 12.1. The van der Waals surface area contributed by atoms with Crippen LogP contribution in [0.1, 0.15) is 74.7 Å². The van der Waals surface area contributed by atoms with Gasteiger partial charge in [0.25, 0.3) is 5.91 Å². The van der Waals surface area contributed by atoms with Crippen molar-refractivity contribution in [2.45, 2.75) is 77.4 Å². The largest absolute Gasteiger partial charge is 0.507 e. The lowest BCUT2D eigenvalue weighted by Crippen LogP contribution is -2.37. The fraction of sp³-hybridized carbons (Fsp3) is 0.552.